The molecule has 0 saturated carbocycles. The molecule has 1 heteroatoms. The lowest BCUT2D eigenvalue weighted by atomic mass is 9.82. The Hall–Kier alpha value is -4.67. The Morgan fingerprint density at radius 1 is 0.500 bits per heavy atom. The maximum atomic E-state index is 12.4. The predicted molar refractivity (Wildman–Crippen MR) is 150 cm³/mol. The first kappa shape index (κ1) is 23.1. The molecule has 0 amide bonds. The fraction of sp³-hybridized carbons (Fsp3) is 0.0571. The molecule has 0 fully saturated rings. The van der Waals surface area contributed by atoms with Gasteiger partial charge in [-0.2, -0.15) is 0 Å². The van der Waals surface area contributed by atoms with Crippen molar-refractivity contribution in [3.8, 4) is 45.2 Å². The molecular weight excluding hydrogens is 436 g/mol. The van der Waals surface area contributed by atoms with E-state index in [1.54, 1.807) is 0 Å². The maximum absolute atomic E-state index is 12.4. The molecule has 0 aromatic heterocycles. The maximum Gasteiger partial charge on any atom is 0.151 e. The van der Waals surface area contributed by atoms with E-state index in [9.17, 15) is 4.79 Å². The van der Waals surface area contributed by atoms with Gasteiger partial charge in [0, 0.05) is 16.7 Å². The van der Waals surface area contributed by atoms with E-state index in [1.807, 2.05) is 73.7 Å². The van der Waals surface area contributed by atoms with Gasteiger partial charge in [0.05, 0.1) is 0 Å². The summed E-state index contributed by atoms with van der Waals surface area (Å²) in [6.45, 7) is 4.10. The first-order valence-corrected chi connectivity index (χ1v) is 12.1. The van der Waals surface area contributed by atoms with E-state index in [0.717, 1.165) is 56.4 Å². The minimum atomic E-state index is 0.652. The van der Waals surface area contributed by atoms with Gasteiger partial charge in [-0.3, -0.25) is 4.79 Å². The number of hydrogen-bond donors (Lipinski definition) is 0. The van der Waals surface area contributed by atoms with Crippen LogP contribution in [-0.2, 0) is 0 Å². The normalized spacial score (nSPS) is 10.4. The molecule has 0 N–H and O–H groups in total. The third kappa shape index (κ3) is 4.50. The number of aldehydes is 1. The molecule has 0 aliphatic carbocycles. The minimum absolute atomic E-state index is 0.652. The molecular formula is C35H26O. The average Bonchev–Trinajstić information content (AvgIpc) is 2.94. The molecule has 0 unspecified atom stereocenters. The molecule has 0 radical (unpaired) electrons. The molecule has 0 aliphatic heterocycles. The van der Waals surface area contributed by atoms with Crippen molar-refractivity contribution in [3.63, 3.8) is 0 Å². The van der Waals surface area contributed by atoms with E-state index < -0.39 is 0 Å². The van der Waals surface area contributed by atoms with Gasteiger partial charge in [0.1, 0.15) is 0 Å². The number of benzene rings is 5. The van der Waals surface area contributed by atoms with Crippen molar-refractivity contribution in [1.29, 1.82) is 0 Å². The lowest BCUT2D eigenvalue weighted by Gasteiger charge is -2.20. The van der Waals surface area contributed by atoms with E-state index in [2.05, 4.69) is 67.3 Å². The summed E-state index contributed by atoms with van der Waals surface area (Å²) in [5, 5.41) is 0. The lowest BCUT2D eigenvalue weighted by molar-refractivity contribution is 0.112. The van der Waals surface area contributed by atoms with E-state index in [0.29, 0.717) is 5.56 Å². The van der Waals surface area contributed by atoms with Crippen molar-refractivity contribution in [2.75, 3.05) is 0 Å². The molecule has 0 saturated heterocycles. The second-order valence-corrected chi connectivity index (χ2v) is 8.83. The Balaban J connectivity index is 1.66. The molecule has 0 spiro atoms. The summed E-state index contributed by atoms with van der Waals surface area (Å²) in [6, 6.07) is 39.2. The van der Waals surface area contributed by atoms with Crippen LogP contribution in [0.5, 0.6) is 0 Å². The van der Waals surface area contributed by atoms with Crippen LogP contribution in [0.2, 0.25) is 0 Å². The van der Waals surface area contributed by atoms with Gasteiger partial charge in [-0.25, -0.2) is 0 Å². The zero-order valence-corrected chi connectivity index (χ0v) is 20.5. The summed E-state index contributed by atoms with van der Waals surface area (Å²) in [6.07, 6.45) is 0.950. The quantitative estimate of drug-likeness (QED) is 0.193. The van der Waals surface area contributed by atoms with Crippen LogP contribution in [0.3, 0.4) is 0 Å². The standard InChI is InChI=1S/C35H26O/c1-25-32(23-20-27-18-21-29(22-19-27)28-12-6-3-7-13-28)33(24-36)26(2)35(31-16-10-5-11-17-31)34(25)30-14-8-4-9-15-30/h3-19,21-22,24H,1-2H3. The molecule has 5 aromatic carbocycles. The highest BCUT2D eigenvalue weighted by Gasteiger charge is 2.20. The van der Waals surface area contributed by atoms with Crippen molar-refractivity contribution in [2.45, 2.75) is 13.8 Å². The summed E-state index contributed by atoms with van der Waals surface area (Å²) in [5.41, 5.74) is 11.1. The summed E-state index contributed by atoms with van der Waals surface area (Å²) in [7, 11) is 0. The van der Waals surface area contributed by atoms with E-state index >= 15 is 0 Å². The molecule has 0 heterocycles. The first-order valence-electron chi connectivity index (χ1n) is 12.1. The van der Waals surface area contributed by atoms with E-state index in [-0.39, 0.29) is 0 Å². The summed E-state index contributed by atoms with van der Waals surface area (Å²) >= 11 is 0. The Bertz CT molecular complexity index is 1570. The topological polar surface area (TPSA) is 17.1 Å². The highest BCUT2D eigenvalue weighted by molar-refractivity contribution is 5.96. The minimum Gasteiger partial charge on any atom is -0.298 e. The number of rotatable bonds is 4. The Morgan fingerprint density at radius 2 is 0.944 bits per heavy atom. The van der Waals surface area contributed by atoms with Crippen molar-refractivity contribution < 1.29 is 4.79 Å². The van der Waals surface area contributed by atoms with Gasteiger partial charge in [-0.05, 0) is 70.5 Å². The zero-order valence-electron chi connectivity index (χ0n) is 20.5. The fourth-order valence-electron chi connectivity index (χ4n) is 4.78. The first-order chi connectivity index (χ1) is 17.7. The van der Waals surface area contributed by atoms with Crippen molar-refractivity contribution in [1.82, 2.24) is 0 Å². The number of carbonyl (C=O) groups is 1. The zero-order chi connectivity index (χ0) is 24.9. The molecule has 172 valence electrons. The van der Waals surface area contributed by atoms with Crippen molar-refractivity contribution >= 4 is 6.29 Å². The van der Waals surface area contributed by atoms with Crippen LogP contribution in [0.1, 0.15) is 32.6 Å². The van der Waals surface area contributed by atoms with Gasteiger partial charge in [0.25, 0.3) is 0 Å². The molecule has 1 nitrogen and oxygen atoms in total. The van der Waals surface area contributed by atoms with Gasteiger partial charge >= 0.3 is 0 Å². The van der Waals surface area contributed by atoms with Crippen LogP contribution in [0, 0.1) is 25.7 Å². The van der Waals surface area contributed by atoms with Gasteiger partial charge in [-0.1, -0.05) is 115 Å². The van der Waals surface area contributed by atoms with Gasteiger partial charge in [-0.15, -0.1) is 0 Å². The third-order valence-electron chi connectivity index (χ3n) is 6.61. The van der Waals surface area contributed by atoms with E-state index in [4.69, 9.17) is 0 Å². The molecule has 0 aliphatic rings. The average molecular weight is 463 g/mol. The SMILES string of the molecule is Cc1c(C#Cc2ccc(-c3ccccc3)cc2)c(C=O)c(C)c(-c2ccccc2)c1-c1ccccc1. The monoisotopic (exact) mass is 462 g/mol. The van der Waals surface area contributed by atoms with Crippen LogP contribution in [-0.4, -0.2) is 6.29 Å². The Morgan fingerprint density at radius 3 is 1.44 bits per heavy atom. The van der Waals surface area contributed by atoms with Gasteiger partial charge in [0.2, 0.25) is 0 Å². The van der Waals surface area contributed by atoms with Crippen LogP contribution in [0.15, 0.2) is 115 Å². The second kappa shape index (κ2) is 10.3. The summed E-state index contributed by atoms with van der Waals surface area (Å²) in [4.78, 5) is 12.4. The molecule has 5 rings (SSSR count). The van der Waals surface area contributed by atoms with Crippen LogP contribution in [0.25, 0.3) is 33.4 Å². The molecule has 5 aromatic rings. The molecule has 0 bridgehead atoms. The molecule has 0 atom stereocenters. The van der Waals surface area contributed by atoms with Crippen LogP contribution in [0.4, 0.5) is 0 Å². The second-order valence-electron chi connectivity index (χ2n) is 8.83. The summed E-state index contributed by atoms with van der Waals surface area (Å²) < 4.78 is 0. The Labute approximate surface area is 213 Å². The highest BCUT2D eigenvalue weighted by atomic mass is 16.1. The van der Waals surface area contributed by atoms with Crippen LogP contribution >= 0.6 is 0 Å². The summed E-state index contributed by atoms with van der Waals surface area (Å²) in [5.74, 6) is 6.67. The smallest absolute Gasteiger partial charge is 0.151 e. The number of hydrogen-bond acceptors (Lipinski definition) is 1. The number of carbonyl (C=O) groups excluding carboxylic acids is 1. The highest BCUT2D eigenvalue weighted by Crippen LogP contribution is 2.40. The van der Waals surface area contributed by atoms with Crippen LogP contribution < -0.4 is 0 Å². The lowest BCUT2D eigenvalue weighted by Crippen LogP contribution is -2.03. The predicted octanol–water partition coefficient (Wildman–Crippen LogP) is 8.52. The van der Waals surface area contributed by atoms with Crippen molar-refractivity contribution in [2.24, 2.45) is 0 Å². The largest absolute Gasteiger partial charge is 0.298 e. The van der Waals surface area contributed by atoms with E-state index in [1.165, 1.54) is 5.56 Å². The fourth-order valence-corrected chi connectivity index (χ4v) is 4.78. The molecule has 36 heavy (non-hydrogen) atoms. The van der Waals surface area contributed by atoms with Crippen molar-refractivity contribution in [3.05, 3.63) is 143 Å². The van der Waals surface area contributed by atoms with Gasteiger partial charge in [0.15, 0.2) is 6.29 Å². The third-order valence-corrected chi connectivity index (χ3v) is 6.61. The Kier molecular flexibility index (Phi) is 6.61. The van der Waals surface area contributed by atoms with Gasteiger partial charge < -0.3 is 0 Å².